The Hall–Kier alpha value is -3.22. The molecule has 1 aromatic heterocycles. The van der Waals surface area contributed by atoms with Crippen molar-refractivity contribution in [2.24, 2.45) is 5.92 Å². The van der Waals surface area contributed by atoms with Gasteiger partial charge >= 0.3 is 6.03 Å². The van der Waals surface area contributed by atoms with Crippen molar-refractivity contribution in [3.8, 4) is 0 Å². The summed E-state index contributed by atoms with van der Waals surface area (Å²) in [5.41, 5.74) is 2.02. The first-order valence-electron chi connectivity index (χ1n) is 9.81. The van der Waals surface area contributed by atoms with Gasteiger partial charge in [-0.3, -0.25) is 4.79 Å². The normalized spacial score (nSPS) is 22.6. The predicted molar refractivity (Wildman–Crippen MR) is 107 cm³/mol. The van der Waals surface area contributed by atoms with E-state index in [1.54, 1.807) is 18.3 Å². The highest BCUT2D eigenvalue weighted by Crippen LogP contribution is 2.56. The smallest absolute Gasteiger partial charge is 0.315 e. The highest BCUT2D eigenvalue weighted by Gasteiger charge is 2.56. The fourth-order valence-corrected chi connectivity index (χ4v) is 4.56. The third-order valence-corrected chi connectivity index (χ3v) is 5.97. The maximum absolute atomic E-state index is 13.3. The Balaban J connectivity index is 1.20. The first kappa shape index (κ1) is 17.8. The van der Waals surface area contributed by atoms with E-state index in [0.717, 1.165) is 22.9 Å². The molecule has 0 spiro atoms. The van der Waals surface area contributed by atoms with Gasteiger partial charge < -0.3 is 10.6 Å². The van der Waals surface area contributed by atoms with Gasteiger partial charge in [0, 0.05) is 23.4 Å². The summed E-state index contributed by atoms with van der Waals surface area (Å²) < 4.78 is 14.7. The number of carbonyl (C=O) groups excluding carboxylic acids is 1. The number of rotatable bonds is 4. The lowest BCUT2D eigenvalue weighted by Gasteiger charge is -2.16. The van der Waals surface area contributed by atoms with Gasteiger partial charge in [-0.2, -0.15) is 5.10 Å². The van der Waals surface area contributed by atoms with Crippen molar-refractivity contribution in [2.45, 2.75) is 37.9 Å². The molecule has 4 atom stereocenters. The lowest BCUT2D eigenvalue weighted by atomic mass is 10.0. The van der Waals surface area contributed by atoms with Crippen LogP contribution < -0.4 is 16.2 Å². The van der Waals surface area contributed by atoms with Gasteiger partial charge in [-0.25, -0.2) is 13.9 Å². The molecule has 0 saturated heterocycles. The molecule has 148 valence electrons. The third kappa shape index (κ3) is 3.16. The Kier molecular flexibility index (Phi) is 4.12. The topological polar surface area (TPSA) is 76.0 Å². The van der Waals surface area contributed by atoms with Crippen LogP contribution in [-0.4, -0.2) is 27.9 Å². The third-order valence-electron chi connectivity index (χ3n) is 5.97. The molecule has 1 fully saturated rings. The molecule has 0 aliphatic heterocycles. The second-order valence-corrected chi connectivity index (χ2v) is 8.00. The van der Waals surface area contributed by atoms with E-state index < -0.39 is 0 Å². The van der Waals surface area contributed by atoms with Crippen molar-refractivity contribution in [1.82, 2.24) is 20.4 Å². The Bertz CT molecular complexity index is 1170. The first-order valence-corrected chi connectivity index (χ1v) is 9.81. The molecule has 0 bridgehead atoms. The van der Waals surface area contributed by atoms with Crippen molar-refractivity contribution in [3.05, 3.63) is 76.0 Å². The molecule has 2 aromatic carbocycles. The van der Waals surface area contributed by atoms with Crippen LogP contribution in [0.1, 0.15) is 24.0 Å². The molecule has 3 aromatic rings. The van der Waals surface area contributed by atoms with Crippen molar-refractivity contribution < 1.29 is 9.18 Å². The van der Waals surface area contributed by atoms with Crippen LogP contribution in [0, 0.1) is 11.7 Å². The van der Waals surface area contributed by atoms with Crippen molar-refractivity contribution in [1.29, 1.82) is 0 Å². The molecule has 29 heavy (non-hydrogen) atoms. The Morgan fingerprint density at radius 1 is 1.31 bits per heavy atom. The minimum Gasteiger partial charge on any atom is -0.334 e. The van der Waals surface area contributed by atoms with E-state index in [9.17, 15) is 14.0 Å². The van der Waals surface area contributed by atoms with E-state index in [1.165, 1.54) is 10.7 Å². The number of fused-ring (bicyclic) bond motifs is 4. The zero-order valence-electron chi connectivity index (χ0n) is 15.9. The SMILES string of the molecule is CC(Cn1ncc2ccccc2c1=O)NC(=O)NC1C2Cc3cc(F)ccc3C21. The zero-order chi connectivity index (χ0) is 20.1. The van der Waals surface area contributed by atoms with Crippen LogP contribution in [0.3, 0.4) is 0 Å². The number of nitrogens with zero attached hydrogens (tertiary/aromatic N) is 2. The molecule has 2 amide bonds. The van der Waals surface area contributed by atoms with Crippen LogP contribution in [0.4, 0.5) is 9.18 Å². The standard InChI is InChI=1S/C22H21FN4O2/c1-12(11-27-21(28)17-5-3-2-4-13(17)10-24-27)25-22(29)26-20-18-9-14-8-15(23)6-7-16(14)19(18)20/h2-8,10,12,18-20H,9,11H2,1H3,(H2,25,26,29). The number of hydrogen-bond donors (Lipinski definition) is 2. The number of amides is 2. The number of halogens is 1. The monoisotopic (exact) mass is 392 g/mol. The summed E-state index contributed by atoms with van der Waals surface area (Å²) in [6, 6.07) is 11.8. The number of urea groups is 1. The predicted octanol–water partition coefficient (Wildman–Crippen LogP) is 2.56. The zero-order valence-corrected chi connectivity index (χ0v) is 15.9. The summed E-state index contributed by atoms with van der Waals surface area (Å²) in [5.74, 6) is 0.410. The fraction of sp³-hybridized carbons (Fsp3) is 0.318. The lowest BCUT2D eigenvalue weighted by Crippen LogP contribution is -2.45. The van der Waals surface area contributed by atoms with Crippen LogP contribution in [0.5, 0.6) is 0 Å². The van der Waals surface area contributed by atoms with Crippen molar-refractivity contribution in [3.63, 3.8) is 0 Å². The van der Waals surface area contributed by atoms with E-state index in [1.807, 2.05) is 31.2 Å². The van der Waals surface area contributed by atoms with Gasteiger partial charge in [0.2, 0.25) is 0 Å². The fourth-order valence-electron chi connectivity index (χ4n) is 4.56. The molecule has 5 rings (SSSR count). The lowest BCUT2D eigenvalue weighted by molar-refractivity contribution is 0.235. The van der Waals surface area contributed by atoms with Crippen LogP contribution in [-0.2, 0) is 13.0 Å². The summed E-state index contributed by atoms with van der Waals surface area (Å²) in [4.78, 5) is 25.0. The van der Waals surface area contributed by atoms with Crippen LogP contribution in [0.2, 0.25) is 0 Å². The highest BCUT2D eigenvalue weighted by atomic mass is 19.1. The molecular formula is C22H21FN4O2. The summed E-state index contributed by atoms with van der Waals surface area (Å²) in [7, 11) is 0. The minimum atomic E-state index is -0.263. The molecule has 6 nitrogen and oxygen atoms in total. The summed E-state index contributed by atoms with van der Waals surface area (Å²) in [5, 5.41) is 11.5. The Morgan fingerprint density at radius 2 is 2.14 bits per heavy atom. The number of nitrogens with one attached hydrogen (secondary N) is 2. The number of aromatic nitrogens is 2. The minimum absolute atomic E-state index is 0.0849. The molecule has 2 aliphatic rings. The van der Waals surface area contributed by atoms with Crippen LogP contribution in [0.15, 0.2) is 53.5 Å². The van der Waals surface area contributed by atoms with Gasteiger partial charge in [0.1, 0.15) is 5.82 Å². The van der Waals surface area contributed by atoms with Gasteiger partial charge in [0.05, 0.1) is 18.1 Å². The average molecular weight is 392 g/mol. The van der Waals surface area contributed by atoms with Gasteiger partial charge in [-0.1, -0.05) is 24.3 Å². The number of carbonyl (C=O) groups is 1. The van der Waals surface area contributed by atoms with Gasteiger partial charge in [-0.05, 0) is 48.6 Å². The van der Waals surface area contributed by atoms with Crippen LogP contribution in [0.25, 0.3) is 10.8 Å². The molecule has 7 heteroatoms. The number of hydrogen-bond acceptors (Lipinski definition) is 3. The van der Waals surface area contributed by atoms with Gasteiger partial charge in [-0.15, -0.1) is 0 Å². The molecule has 0 radical (unpaired) electrons. The highest BCUT2D eigenvalue weighted by molar-refractivity contribution is 5.80. The van der Waals surface area contributed by atoms with Gasteiger partial charge in [0.15, 0.2) is 0 Å². The van der Waals surface area contributed by atoms with E-state index in [4.69, 9.17) is 0 Å². The van der Waals surface area contributed by atoms with Crippen molar-refractivity contribution >= 4 is 16.8 Å². The largest absolute Gasteiger partial charge is 0.334 e. The summed E-state index contributed by atoms with van der Waals surface area (Å²) >= 11 is 0. The maximum atomic E-state index is 13.3. The molecule has 1 heterocycles. The second-order valence-electron chi connectivity index (χ2n) is 8.00. The molecule has 2 N–H and O–H groups in total. The van der Waals surface area contributed by atoms with E-state index >= 15 is 0 Å². The molecule has 1 saturated carbocycles. The second kappa shape index (κ2) is 6.69. The molecule has 4 unspecified atom stereocenters. The molecule has 2 aliphatic carbocycles. The summed E-state index contributed by atoms with van der Waals surface area (Å²) in [6.45, 7) is 2.13. The molecular weight excluding hydrogens is 371 g/mol. The van der Waals surface area contributed by atoms with E-state index in [2.05, 4.69) is 15.7 Å². The van der Waals surface area contributed by atoms with Crippen molar-refractivity contribution in [2.75, 3.05) is 0 Å². The van der Waals surface area contributed by atoms with Gasteiger partial charge in [0.25, 0.3) is 5.56 Å². The van der Waals surface area contributed by atoms with E-state index in [-0.39, 0.29) is 42.0 Å². The quantitative estimate of drug-likeness (QED) is 0.717. The Morgan fingerprint density at radius 3 is 3.00 bits per heavy atom. The van der Waals surface area contributed by atoms with E-state index in [0.29, 0.717) is 11.3 Å². The van der Waals surface area contributed by atoms with Crippen LogP contribution >= 0.6 is 0 Å². The first-order chi connectivity index (χ1) is 14.0. The summed E-state index contributed by atoms with van der Waals surface area (Å²) in [6.07, 6.45) is 2.46. The average Bonchev–Trinajstić information content (AvgIpc) is 3.19. The Labute approximate surface area is 166 Å². The maximum Gasteiger partial charge on any atom is 0.315 e. The number of benzene rings is 2.